The van der Waals surface area contributed by atoms with E-state index in [0.717, 1.165) is 12.8 Å². The summed E-state index contributed by atoms with van der Waals surface area (Å²) in [7, 11) is 7.93. The smallest absolute Gasteiger partial charge is 0.315 e. The monoisotopic (exact) mass is 564 g/mol. The normalized spacial score (nSPS) is 13.9. The molecule has 0 saturated heterocycles. The fourth-order valence-corrected chi connectivity index (χ4v) is 4.77. The number of hydrogen-bond donors (Lipinski definition) is 3. The van der Waals surface area contributed by atoms with Gasteiger partial charge in [-0.15, -0.1) is 0 Å². The number of urea groups is 1. The highest BCUT2D eigenvalue weighted by Gasteiger charge is 2.24. The van der Waals surface area contributed by atoms with E-state index in [2.05, 4.69) is 22.9 Å². The van der Waals surface area contributed by atoms with Crippen LogP contribution in [0.15, 0.2) is 24.0 Å². The van der Waals surface area contributed by atoms with Gasteiger partial charge >= 0.3 is 12.0 Å². The van der Waals surface area contributed by atoms with Gasteiger partial charge in [0.2, 0.25) is 5.91 Å². The largest absolute Gasteiger partial charge is 0.464 e. The number of ether oxygens (including phenoxy) is 1. The number of amides is 3. The molecule has 0 aromatic heterocycles. The molecule has 1 atom stereocenters. The van der Waals surface area contributed by atoms with Gasteiger partial charge in [0.05, 0.1) is 46.7 Å². The molecule has 0 bridgehead atoms. The lowest BCUT2D eigenvalue weighted by atomic mass is 10.1. The molecule has 1 heterocycles. The van der Waals surface area contributed by atoms with Crippen LogP contribution in [-0.2, 0) is 14.3 Å². The molecule has 1 rings (SSSR count). The van der Waals surface area contributed by atoms with Crippen molar-refractivity contribution in [1.29, 1.82) is 0 Å². The third kappa shape index (κ3) is 19.5. The number of unbranched alkanes of at least 4 members (excludes halogenated alkanes) is 11. The number of esters is 1. The van der Waals surface area contributed by atoms with Crippen LogP contribution in [-0.4, -0.2) is 87.8 Å². The molecule has 0 spiro atoms. The Kier molecular flexibility index (Phi) is 18.8. The summed E-state index contributed by atoms with van der Waals surface area (Å²) < 4.78 is 5.94. The Morgan fingerprint density at radius 2 is 1.50 bits per heavy atom. The molecule has 9 nitrogen and oxygen atoms in total. The van der Waals surface area contributed by atoms with Crippen molar-refractivity contribution in [3.05, 3.63) is 24.0 Å². The number of carbonyl (C=O) groups is 3. The van der Waals surface area contributed by atoms with Gasteiger partial charge in [0.1, 0.15) is 6.61 Å². The van der Waals surface area contributed by atoms with E-state index in [1.54, 1.807) is 6.20 Å². The van der Waals surface area contributed by atoms with Crippen molar-refractivity contribution in [1.82, 2.24) is 20.9 Å². The van der Waals surface area contributed by atoms with Crippen LogP contribution in [0.3, 0.4) is 0 Å². The molecular formula is C31H58N5O4+. The van der Waals surface area contributed by atoms with Crippen LogP contribution >= 0.6 is 0 Å². The molecule has 230 valence electrons. The number of carbonyl (C=O) groups excluding carboxylic acids is 3. The first-order valence-corrected chi connectivity index (χ1v) is 15.5. The van der Waals surface area contributed by atoms with Crippen molar-refractivity contribution in [2.24, 2.45) is 0 Å². The van der Waals surface area contributed by atoms with Crippen LogP contribution < -0.4 is 16.0 Å². The van der Waals surface area contributed by atoms with Gasteiger partial charge in [0, 0.05) is 25.4 Å². The Bertz CT molecular complexity index is 791. The lowest BCUT2D eigenvalue weighted by molar-refractivity contribution is -0.871. The molecule has 0 radical (unpaired) electrons. The number of hydrogen-bond acceptors (Lipinski definition) is 5. The highest BCUT2D eigenvalue weighted by Crippen LogP contribution is 2.12. The second-order valence-corrected chi connectivity index (χ2v) is 12.0. The molecule has 0 aromatic rings. The van der Waals surface area contributed by atoms with E-state index in [-0.39, 0.29) is 37.6 Å². The molecular weight excluding hydrogens is 506 g/mol. The molecule has 3 N–H and O–H groups in total. The summed E-state index contributed by atoms with van der Waals surface area (Å²) in [5, 5.41) is 8.67. The second-order valence-electron chi connectivity index (χ2n) is 12.0. The van der Waals surface area contributed by atoms with Gasteiger partial charge in [-0.05, 0) is 19.0 Å². The zero-order valence-electron chi connectivity index (χ0n) is 26.1. The summed E-state index contributed by atoms with van der Waals surface area (Å²) in [6.45, 7) is 3.80. The van der Waals surface area contributed by atoms with Crippen molar-refractivity contribution in [3.8, 4) is 0 Å². The van der Waals surface area contributed by atoms with Gasteiger partial charge < -0.3 is 30.1 Å². The predicted octanol–water partition coefficient (Wildman–Crippen LogP) is 4.84. The molecule has 0 aromatic carbocycles. The van der Waals surface area contributed by atoms with Gasteiger partial charge in [-0.1, -0.05) is 83.6 Å². The number of allylic oxidation sites excluding steroid dienone is 1. The number of rotatable bonds is 22. The quantitative estimate of drug-likeness (QED) is 0.0992. The Hall–Kier alpha value is -2.55. The van der Waals surface area contributed by atoms with E-state index in [4.69, 9.17) is 4.74 Å². The maximum Gasteiger partial charge on any atom is 0.315 e. The van der Waals surface area contributed by atoms with Crippen molar-refractivity contribution in [2.45, 2.75) is 103 Å². The summed E-state index contributed by atoms with van der Waals surface area (Å²) in [5.74, 6) is -0.560. The summed E-state index contributed by atoms with van der Waals surface area (Å²) in [6, 6.07) is -0.597. The van der Waals surface area contributed by atoms with Crippen LogP contribution in [0.5, 0.6) is 0 Å². The molecule has 40 heavy (non-hydrogen) atoms. The summed E-state index contributed by atoms with van der Waals surface area (Å²) >= 11 is 0. The Morgan fingerprint density at radius 3 is 2.08 bits per heavy atom. The van der Waals surface area contributed by atoms with Crippen LogP contribution in [0.1, 0.15) is 96.8 Å². The highest BCUT2D eigenvalue weighted by molar-refractivity contribution is 5.93. The maximum atomic E-state index is 12.5. The topological polar surface area (TPSA) is 99.8 Å². The third-order valence-electron chi connectivity index (χ3n) is 6.81. The minimum Gasteiger partial charge on any atom is -0.464 e. The lowest BCUT2D eigenvalue weighted by Gasteiger charge is -2.29. The van der Waals surface area contributed by atoms with Gasteiger partial charge in [-0.2, -0.15) is 0 Å². The number of likely N-dealkylation sites (N-methyl/N-ethyl adjacent to an activating group) is 1. The average molecular weight is 565 g/mol. The lowest BCUT2D eigenvalue weighted by Crippen LogP contribution is -2.52. The fourth-order valence-electron chi connectivity index (χ4n) is 4.77. The molecule has 1 aliphatic rings. The standard InChI is InChI=1S/C31H57N5O4/c1-6-7-8-9-10-11-12-13-14-15-16-17-20-33-31(39)34-28(26-36(3,4)5)24-29(37)40-23-21-32-30(38)27-19-18-22-35(2)25-27/h18,22,25,28H,6-17,19-21,23-24,26H2,1-5H3,(H2-,32,33,34,38,39)/p+1. The molecule has 0 fully saturated rings. The van der Waals surface area contributed by atoms with E-state index in [0.29, 0.717) is 29.6 Å². The van der Waals surface area contributed by atoms with Gasteiger partial charge in [-0.3, -0.25) is 9.59 Å². The minimum absolute atomic E-state index is 0.0796. The van der Waals surface area contributed by atoms with Crippen molar-refractivity contribution < 1.29 is 23.6 Å². The van der Waals surface area contributed by atoms with Crippen molar-refractivity contribution in [2.75, 3.05) is 54.4 Å². The van der Waals surface area contributed by atoms with Crippen LogP contribution in [0, 0.1) is 0 Å². The summed E-state index contributed by atoms with van der Waals surface area (Å²) in [6.07, 6.45) is 21.6. The highest BCUT2D eigenvalue weighted by atomic mass is 16.5. The Morgan fingerprint density at radius 1 is 0.900 bits per heavy atom. The summed E-state index contributed by atoms with van der Waals surface area (Å²) in [4.78, 5) is 39.0. The van der Waals surface area contributed by atoms with Crippen molar-refractivity contribution >= 4 is 17.9 Å². The number of nitrogens with zero attached hydrogens (tertiary/aromatic N) is 2. The Balaban J connectivity index is 2.20. The Labute approximate surface area is 243 Å². The molecule has 9 heteroatoms. The van der Waals surface area contributed by atoms with E-state index in [9.17, 15) is 14.4 Å². The van der Waals surface area contributed by atoms with Crippen molar-refractivity contribution in [3.63, 3.8) is 0 Å². The first kappa shape index (κ1) is 35.5. The number of quaternary nitrogens is 1. The van der Waals surface area contributed by atoms with E-state index < -0.39 is 5.97 Å². The average Bonchev–Trinajstić information content (AvgIpc) is 2.88. The zero-order chi connectivity index (χ0) is 29.6. The van der Waals surface area contributed by atoms with Gasteiger partial charge in [0.15, 0.2) is 0 Å². The van der Waals surface area contributed by atoms with Gasteiger partial charge in [0.25, 0.3) is 0 Å². The maximum absolute atomic E-state index is 12.5. The fraction of sp³-hybridized carbons (Fsp3) is 0.774. The van der Waals surface area contributed by atoms with Crippen LogP contribution in [0.2, 0.25) is 0 Å². The molecule has 0 saturated carbocycles. The van der Waals surface area contributed by atoms with E-state index >= 15 is 0 Å². The zero-order valence-corrected chi connectivity index (χ0v) is 26.1. The van der Waals surface area contributed by atoms with Gasteiger partial charge in [-0.25, -0.2) is 4.79 Å². The summed E-state index contributed by atoms with van der Waals surface area (Å²) in [5.41, 5.74) is 0.665. The minimum atomic E-state index is -0.395. The molecule has 1 aliphatic heterocycles. The van der Waals surface area contributed by atoms with E-state index in [1.165, 1.54) is 64.2 Å². The third-order valence-corrected chi connectivity index (χ3v) is 6.81. The molecule has 1 unspecified atom stereocenters. The number of nitrogens with one attached hydrogen (secondary N) is 3. The SMILES string of the molecule is CCCCCCCCCCCCCCNC(=O)NC(CC(=O)OCCNC(=O)C1=CN(C)C=CC1)C[N+](C)(C)C. The predicted molar refractivity (Wildman–Crippen MR) is 162 cm³/mol. The first-order chi connectivity index (χ1) is 19.1. The second kappa shape index (κ2) is 21.2. The molecule has 0 aliphatic carbocycles. The molecule has 3 amide bonds. The first-order valence-electron chi connectivity index (χ1n) is 15.5. The van der Waals surface area contributed by atoms with Crippen LogP contribution in [0.4, 0.5) is 4.79 Å². The van der Waals surface area contributed by atoms with Crippen LogP contribution in [0.25, 0.3) is 0 Å². The van der Waals surface area contributed by atoms with E-state index in [1.807, 2.05) is 45.4 Å².